The monoisotopic (exact) mass is 370 g/mol. The second kappa shape index (κ2) is 7.47. The average molecular weight is 370 g/mol. The summed E-state index contributed by atoms with van der Waals surface area (Å²) in [6.07, 6.45) is 0.318. The molecule has 1 aromatic carbocycles. The van der Waals surface area contributed by atoms with Crippen LogP contribution in [0.1, 0.15) is 45.6 Å². The first-order chi connectivity index (χ1) is 12.0. The molecule has 3 atom stereocenters. The molecule has 26 heavy (non-hydrogen) atoms. The second-order valence-electron chi connectivity index (χ2n) is 7.30. The fourth-order valence-corrected chi connectivity index (χ4v) is 2.83. The molecule has 0 bridgehead atoms. The summed E-state index contributed by atoms with van der Waals surface area (Å²) in [5.41, 5.74) is -0.895. The van der Waals surface area contributed by atoms with Crippen LogP contribution in [0.5, 0.6) is 0 Å². The summed E-state index contributed by atoms with van der Waals surface area (Å²) in [5.74, 6) is -5.27. The largest absolute Gasteiger partial charge is 0.442 e. The Hall–Kier alpha value is -2.38. The van der Waals surface area contributed by atoms with Gasteiger partial charge in [0, 0.05) is 24.2 Å². The summed E-state index contributed by atoms with van der Waals surface area (Å²) < 4.78 is 46.1. The van der Waals surface area contributed by atoms with Gasteiger partial charge >= 0.3 is 6.09 Å². The summed E-state index contributed by atoms with van der Waals surface area (Å²) in [6, 6.07) is 0.843. The predicted molar refractivity (Wildman–Crippen MR) is 89.5 cm³/mol. The SMILES string of the molecule is C[C@H]1NC(=O)C(/C=N\C(=O)OC(C)(C)C)C[C@H]1c1cc(F)cc(F)c1F. The number of nitrogens with zero attached hydrogens (tertiary/aromatic N) is 1. The first-order valence-corrected chi connectivity index (χ1v) is 8.20. The Morgan fingerprint density at radius 2 is 1.96 bits per heavy atom. The standard InChI is InChI=1S/C18H21F3N2O3/c1-9-12(13-6-11(19)7-14(20)15(13)21)5-10(16(24)23-9)8-22-17(25)26-18(2,3)4/h6-10,12H,5H2,1-4H3,(H,23,24)/b22-8-/t9-,10?,12-/m1/s1. The normalized spacial score (nSPS) is 23.8. The van der Waals surface area contributed by atoms with Crippen molar-refractivity contribution in [2.45, 2.75) is 51.7 Å². The highest BCUT2D eigenvalue weighted by molar-refractivity contribution is 5.97. The van der Waals surface area contributed by atoms with E-state index in [2.05, 4.69) is 10.3 Å². The van der Waals surface area contributed by atoms with Crippen molar-refractivity contribution in [3.8, 4) is 0 Å². The van der Waals surface area contributed by atoms with Crippen molar-refractivity contribution >= 4 is 18.2 Å². The minimum atomic E-state index is -1.29. The van der Waals surface area contributed by atoms with Crippen molar-refractivity contribution < 1.29 is 27.5 Å². The Bertz CT molecular complexity index is 744. The molecule has 0 aromatic heterocycles. The molecule has 8 heteroatoms. The number of rotatable bonds is 2. The highest BCUT2D eigenvalue weighted by atomic mass is 19.2. The number of piperidine rings is 1. The number of nitrogens with one attached hydrogen (secondary N) is 1. The van der Waals surface area contributed by atoms with Crippen molar-refractivity contribution in [3.63, 3.8) is 0 Å². The lowest BCUT2D eigenvalue weighted by molar-refractivity contribution is -0.125. The third-order valence-corrected chi connectivity index (χ3v) is 3.99. The lowest BCUT2D eigenvalue weighted by atomic mass is 9.80. The van der Waals surface area contributed by atoms with Gasteiger partial charge in [-0.3, -0.25) is 4.79 Å². The molecule has 0 spiro atoms. The molecule has 1 fully saturated rings. The van der Waals surface area contributed by atoms with Gasteiger partial charge in [-0.05, 0) is 45.7 Å². The number of carbonyl (C=O) groups is 2. The first kappa shape index (κ1) is 19.9. The fourth-order valence-electron chi connectivity index (χ4n) is 2.83. The maximum atomic E-state index is 14.1. The predicted octanol–water partition coefficient (Wildman–Crippen LogP) is 3.72. The fraction of sp³-hybridized carbons (Fsp3) is 0.500. The third-order valence-electron chi connectivity index (χ3n) is 3.99. The average Bonchev–Trinajstić information content (AvgIpc) is 2.48. The van der Waals surface area contributed by atoms with Gasteiger partial charge in [0.05, 0.1) is 5.92 Å². The molecule has 5 nitrogen and oxygen atoms in total. The van der Waals surface area contributed by atoms with Gasteiger partial charge < -0.3 is 10.1 Å². The molecular weight excluding hydrogens is 349 g/mol. The van der Waals surface area contributed by atoms with Gasteiger partial charge in [0.1, 0.15) is 11.4 Å². The van der Waals surface area contributed by atoms with E-state index in [1.807, 2.05) is 0 Å². The lowest BCUT2D eigenvalue weighted by Gasteiger charge is -2.33. The molecule has 1 heterocycles. The van der Waals surface area contributed by atoms with E-state index in [1.165, 1.54) is 0 Å². The van der Waals surface area contributed by atoms with E-state index in [9.17, 15) is 22.8 Å². The molecule has 1 saturated heterocycles. The number of hydrogen-bond acceptors (Lipinski definition) is 3. The maximum absolute atomic E-state index is 14.1. The number of aliphatic imine (C=N–C) groups is 1. The van der Waals surface area contributed by atoms with E-state index in [0.29, 0.717) is 6.07 Å². The van der Waals surface area contributed by atoms with E-state index in [1.54, 1.807) is 27.7 Å². The number of hydrogen-bond donors (Lipinski definition) is 1. The van der Waals surface area contributed by atoms with E-state index >= 15 is 0 Å². The number of carbonyl (C=O) groups excluding carboxylic acids is 2. The Morgan fingerprint density at radius 3 is 2.58 bits per heavy atom. The van der Waals surface area contributed by atoms with Gasteiger partial charge in [-0.1, -0.05) is 0 Å². The summed E-state index contributed by atoms with van der Waals surface area (Å²) in [7, 11) is 0. The molecule has 1 aliphatic heterocycles. The van der Waals surface area contributed by atoms with Crippen molar-refractivity contribution in [2.75, 3.05) is 0 Å². The van der Waals surface area contributed by atoms with Crippen molar-refractivity contribution in [2.24, 2.45) is 10.9 Å². The van der Waals surface area contributed by atoms with E-state index in [0.717, 1.165) is 12.3 Å². The zero-order valence-electron chi connectivity index (χ0n) is 15.0. The summed E-state index contributed by atoms with van der Waals surface area (Å²) >= 11 is 0. The van der Waals surface area contributed by atoms with Crippen LogP contribution in [0.2, 0.25) is 0 Å². The quantitative estimate of drug-likeness (QED) is 0.637. The van der Waals surface area contributed by atoms with Gasteiger partial charge in [0.15, 0.2) is 11.6 Å². The van der Waals surface area contributed by atoms with Crippen LogP contribution in [0.25, 0.3) is 0 Å². The van der Waals surface area contributed by atoms with E-state index in [-0.39, 0.29) is 12.0 Å². The van der Waals surface area contributed by atoms with Gasteiger partial charge in [0.2, 0.25) is 5.91 Å². The van der Waals surface area contributed by atoms with Crippen LogP contribution in [0.4, 0.5) is 18.0 Å². The van der Waals surface area contributed by atoms with E-state index < -0.39 is 52.9 Å². The van der Waals surface area contributed by atoms with Crippen molar-refractivity contribution in [3.05, 3.63) is 35.1 Å². The molecule has 0 aliphatic carbocycles. The highest BCUT2D eigenvalue weighted by Crippen LogP contribution is 2.33. The lowest BCUT2D eigenvalue weighted by Crippen LogP contribution is -2.47. The minimum Gasteiger partial charge on any atom is -0.442 e. The third kappa shape index (κ3) is 4.83. The van der Waals surface area contributed by atoms with Crippen LogP contribution in [-0.4, -0.2) is 29.9 Å². The van der Waals surface area contributed by atoms with Gasteiger partial charge in [-0.25, -0.2) is 18.0 Å². The zero-order valence-corrected chi connectivity index (χ0v) is 15.0. The second-order valence-corrected chi connectivity index (χ2v) is 7.30. The van der Waals surface area contributed by atoms with Crippen molar-refractivity contribution in [1.82, 2.24) is 5.32 Å². The molecular formula is C18H21F3N2O3. The number of amides is 2. The Balaban J connectivity index is 2.22. The van der Waals surface area contributed by atoms with Crippen molar-refractivity contribution in [1.29, 1.82) is 0 Å². The molecule has 0 radical (unpaired) electrons. The number of halogens is 3. The smallest absolute Gasteiger partial charge is 0.433 e. The number of ether oxygens (including phenoxy) is 1. The zero-order chi connectivity index (χ0) is 19.6. The molecule has 2 rings (SSSR count). The van der Waals surface area contributed by atoms with Gasteiger partial charge in [-0.15, -0.1) is 0 Å². The first-order valence-electron chi connectivity index (χ1n) is 8.20. The van der Waals surface area contributed by atoms with Crippen LogP contribution in [0, 0.1) is 23.4 Å². The molecule has 142 valence electrons. The Kier molecular flexibility index (Phi) is 5.73. The molecule has 1 unspecified atom stereocenters. The minimum absolute atomic E-state index is 0.0547. The van der Waals surface area contributed by atoms with Gasteiger partial charge in [-0.2, -0.15) is 4.99 Å². The molecule has 0 saturated carbocycles. The van der Waals surface area contributed by atoms with E-state index in [4.69, 9.17) is 4.74 Å². The number of benzene rings is 1. The van der Waals surface area contributed by atoms with Gasteiger partial charge in [0.25, 0.3) is 0 Å². The summed E-state index contributed by atoms with van der Waals surface area (Å²) in [6.45, 7) is 6.64. The highest BCUT2D eigenvalue weighted by Gasteiger charge is 2.35. The van der Waals surface area contributed by atoms with Crippen LogP contribution in [0.15, 0.2) is 17.1 Å². The molecule has 1 N–H and O–H groups in total. The van der Waals surface area contributed by atoms with Crippen LogP contribution < -0.4 is 5.32 Å². The van der Waals surface area contributed by atoms with Crippen LogP contribution >= 0.6 is 0 Å². The molecule has 1 aromatic rings. The Labute approximate surface area is 149 Å². The van der Waals surface area contributed by atoms with Crippen LogP contribution in [0.3, 0.4) is 0 Å². The topological polar surface area (TPSA) is 67.8 Å². The molecule has 2 amide bonds. The van der Waals surface area contributed by atoms with Crippen LogP contribution in [-0.2, 0) is 9.53 Å². The maximum Gasteiger partial charge on any atom is 0.433 e. The summed E-state index contributed by atoms with van der Waals surface area (Å²) in [5, 5.41) is 2.62. The summed E-state index contributed by atoms with van der Waals surface area (Å²) in [4.78, 5) is 27.4. The molecule has 1 aliphatic rings. The Morgan fingerprint density at radius 1 is 1.31 bits per heavy atom.